The number of nitrogens with one attached hydrogen (secondary N) is 1. The lowest BCUT2D eigenvalue weighted by Crippen LogP contribution is -2.30. The van der Waals surface area contributed by atoms with Gasteiger partial charge in [0.25, 0.3) is 5.91 Å². The summed E-state index contributed by atoms with van der Waals surface area (Å²) in [6, 6.07) is 14.8. The first kappa shape index (κ1) is 16.6. The summed E-state index contributed by atoms with van der Waals surface area (Å²) >= 11 is 0. The molecule has 1 atom stereocenters. The van der Waals surface area contributed by atoms with Gasteiger partial charge in [0, 0.05) is 5.39 Å². The van der Waals surface area contributed by atoms with Gasteiger partial charge in [-0.25, -0.2) is 4.79 Å². The molecule has 0 saturated carbocycles. The number of amides is 1. The zero-order valence-electron chi connectivity index (χ0n) is 13.6. The van der Waals surface area contributed by atoms with E-state index in [0.29, 0.717) is 5.76 Å². The van der Waals surface area contributed by atoms with Crippen molar-refractivity contribution in [3.05, 3.63) is 65.9 Å². The van der Waals surface area contributed by atoms with Crippen molar-refractivity contribution in [3.8, 4) is 5.75 Å². The molecule has 0 aliphatic rings. The van der Waals surface area contributed by atoms with Gasteiger partial charge in [0.15, 0.2) is 6.61 Å². The molecule has 0 unspecified atom stereocenters. The third-order valence-electron chi connectivity index (χ3n) is 3.67. The maximum Gasteiger partial charge on any atom is 0.338 e. The van der Waals surface area contributed by atoms with E-state index in [0.717, 1.165) is 11.0 Å². The predicted octanol–water partition coefficient (Wildman–Crippen LogP) is 3.17. The zero-order chi connectivity index (χ0) is 17.8. The fourth-order valence-electron chi connectivity index (χ4n) is 2.42. The molecule has 3 aromatic rings. The predicted molar refractivity (Wildman–Crippen MR) is 91.2 cm³/mol. The number of phenols is 1. The number of carbonyl (C=O) groups is 2. The minimum Gasteiger partial charge on any atom is -0.508 e. The van der Waals surface area contributed by atoms with Crippen molar-refractivity contribution >= 4 is 22.8 Å². The minimum absolute atomic E-state index is 0.0441. The fourth-order valence-corrected chi connectivity index (χ4v) is 2.42. The van der Waals surface area contributed by atoms with Crippen LogP contribution in [0.1, 0.15) is 29.1 Å². The first-order valence-corrected chi connectivity index (χ1v) is 7.77. The van der Waals surface area contributed by atoms with Crippen molar-refractivity contribution in [2.75, 3.05) is 6.61 Å². The van der Waals surface area contributed by atoms with Crippen LogP contribution >= 0.6 is 0 Å². The van der Waals surface area contributed by atoms with E-state index in [-0.39, 0.29) is 17.4 Å². The van der Waals surface area contributed by atoms with Gasteiger partial charge in [-0.05, 0) is 37.3 Å². The van der Waals surface area contributed by atoms with Gasteiger partial charge < -0.3 is 19.6 Å². The summed E-state index contributed by atoms with van der Waals surface area (Å²) in [6.07, 6.45) is 0. The van der Waals surface area contributed by atoms with Gasteiger partial charge in [-0.2, -0.15) is 0 Å². The lowest BCUT2D eigenvalue weighted by atomic mass is 10.2. The first-order valence-electron chi connectivity index (χ1n) is 7.77. The summed E-state index contributed by atoms with van der Waals surface area (Å²) in [4.78, 5) is 23.8. The van der Waals surface area contributed by atoms with E-state index in [2.05, 4.69) is 5.32 Å². The summed E-state index contributed by atoms with van der Waals surface area (Å²) in [5.74, 6) is -0.546. The molecule has 0 aliphatic heterocycles. The maximum absolute atomic E-state index is 12.0. The van der Waals surface area contributed by atoms with Crippen LogP contribution in [0.4, 0.5) is 0 Å². The smallest absolute Gasteiger partial charge is 0.338 e. The summed E-state index contributed by atoms with van der Waals surface area (Å²) < 4.78 is 10.6. The Morgan fingerprint density at radius 2 is 1.96 bits per heavy atom. The van der Waals surface area contributed by atoms with Crippen LogP contribution in [0.3, 0.4) is 0 Å². The number of fused-ring (bicyclic) bond motifs is 1. The van der Waals surface area contributed by atoms with E-state index in [1.807, 2.05) is 30.3 Å². The number of ether oxygens (including phenoxy) is 1. The van der Waals surface area contributed by atoms with E-state index in [1.165, 1.54) is 24.3 Å². The molecule has 3 rings (SSSR count). The molecule has 1 aromatic heterocycles. The summed E-state index contributed by atoms with van der Waals surface area (Å²) in [6.45, 7) is 1.37. The molecule has 1 heterocycles. The maximum atomic E-state index is 12.0. The lowest BCUT2D eigenvalue weighted by molar-refractivity contribution is -0.125. The van der Waals surface area contributed by atoms with Crippen molar-refractivity contribution in [2.45, 2.75) is 13.0 Å². The van der Waals surface area contributed by atoms with E-state index >= 15 is 0 Å². The second-order valence-corrected chi connectivity index (χ2v) is 5.60. The van der Waals surface area contributed by atoms with Crippen molar-refractivity contribution < 1.29 is 23.8 Å². The topological polar surface area (TPSA) is 88.8 Å². The molecule has 0 spiro atoms. The van der Waals surface area contributed by atoms with Gasteiger partial charge in [0.05, 0.1) is 11.6 Å². The van der Waals surface area contributed by atoms with Gasteiger partial charge in [0.1, 0.15) is 17.1 Å². The molecule has 0 saturated heterocycles. The Balaban J connectivity index is 1.55. The van der Waals surface area contributed by atoms with E-state index in [4.69, 9.17) is 9.15 Å². The zero-order valence-corrected chi connectivity index (χ0v) is 13.6. The van der Waals surface area contributed by atoms with Gasteiger partial charge >= 0.3 is 5.97 Å². The number of carbonyl (C=O) groups excluding carboxylic acids is 2. The number of aromatic hydroxyl groups is 1. The second-order valence-electron chi connectivity index (χ2n) is 5.60. The van der Waals surface area contributed by atoms with Crippen LogP contribution in [0.5, 0.6) is 5.75 Å². The first-order chi connectivity index (χ1) is 12.0. The van der Waals surface area contributed by atoms with Crippen LogP contribution in [0.15, 0.2) is 59.0 Å². The molecular formula is C19H17NO5. The Kier molecular flexibility index (Phi) is 4.70. The average molecular weight is 339 g/mol. The number of esters is 1. The Labute approximate surface area is 144 Å². The highest BCUT2D eigenvalue weighted by molar-refractivity contribution is 5.91. The number of furan rings is 1. The monoisotopic (exact) mass is 339 g/mol. The molecule has 0 bridgehead atoms. The minimum atomic E-state index is -0.678. The van der Waals surface area contributed by atoms with Crippen LogP contribution in [0.2, 0.25) is 0 Å². The highest BCUT2D eigenvalue weighted by Crippen LogP contribution is 2.23. The van der Waals surface area contributed by atoms with Crippen molar-refractivity contribution in [1.82, 2.24) is 5.32 Å². The Morgan fingerprint density at radius 1 is 1.16 bits per heavy atom. The largest absolute Gasteiger partial charge is 0.508 e. The number of rotatable bonds is 5. The number of hydrogen-bond donors (Lipinski definition) is 2. The second kappa shape index (κ2) is 7.09. The number of para-hydroxylation sites is 1. The highest BCUT2D eigenvalue weighted by Gasteiger charge is 2.16. The van der Waals surface area contributed by atoms with E-state index < -0.39 is 18.5 Å². The van der Waals surface area contributed by atoms with Crippen LogP contribution in [-0.2, 0) is 9.53 Å². The third-order valence-corrected chi connectivity index (χ3v) is 3.67. The molecule has 0 radical (unpaired) electrons. The van der Waals surface area contributed by atoms with E-state index in [9.17, 15) is 14.7 Å². The molecule has 128 valence electrons. The lowest BCUT2D eigenvalue weighted by Gasteiger charge is -2.11. The normalized spacial score (nSPS) is 11.9. The molecule has 0 aliphatic carbocycles. The molecule has 2 aromatic carbocycles. The van der Waals surface area contributed by atoms with Crippen LogP contribution < -0.4 is 5.32 Å². The number of benzene rings is 2. The molecule has 2 N–H and O–H groups in total. The SMILES string of the molecule is C[C@@H](NC(=O)COC(=O)c1cccc(O)c1)c1cc2ccccc2o1. The van der Waals surface area contributed by atoms with Crippen LogP contribution in [-0.4, -0.2) is 23.6 Å². The molecule has 1 amide bonds. The van der Waals surface area contributed by atoms with Gasteiger partial charge in [-0.15, -0.1) is 0 Å². The molecule has 6 heteroatoms. The van der Waals surface area contributed by atoms with Crippen LogP contribution in [0, 0.1) is 0 Å². The molecular weight excluding hydrogens is 322 g/mol. The third kappa shape index (κ3) is 3.98. The van der Waals surface area contributed by atoms with Gasteiger partial charge in [-0.1, -0.05) is 24.3 Å². The summed E-state index contributed by atoms with van der Waals surface area (Å²) in [5, 5.41) is 13.0. The Hall–Kier alpha value is -3.28. The average Bonchev–Trinajstić information content (AvgIpc) is 3.04. The number of hydrogen-bond acceptors (Lipinski definition) is 5. The molecule has 6 nitrogen and oxygen atoms in total. The highest BCUT2D eigenvalue weighted by atomic mass is 16.5. The summed E-state index contributed by atoms with van der Waals surface area (Å²) in [5.41, 5.74) is 0.923. The van der Waals surface area contributed by atoms with Gasteiger partial charge in [0.2, 0.25) is 0 Å². The van der Waals surface area contributed by atoms with Gasteiger partial charge in [-0.3, -0.25) is 4.79 Å². The quantitative estimate of drug-likeness (QED) is 0.697. The fraction of sp³-hybridized carbons (Fsp3) is 0.158. The van der Waals surface area contributed by atoms with Crippen molar-refractivity contribution in [3.63, 3.8) is 0 Å². The summed E-state index contributed by atoms with van der Waals surface area (Å²) in [7, 11) is 0. The van der Waals surface area contributed by atoms with E-state index in [1.54, 1.807) is 6.92 Å². The van der Waals surface area contributed by atoms with Crippen molar-refractivity contribution in [1.29, 1.82) is 0 Å². The Bertz CT molecular complexity index is 882. The standard InChI is InChI=1S/C19H17NO5/c1-12(17-10-13-5-2-3-8-16(13)25-17)20-18(22)11-24-19(23)14-6-4-7-15(21)9-14/h2-10,12,21H,11H2,1H3,(H,20,22)/t12-/m1/s1. The Morgan fingerprint density at radius 3 is 2.72 bits per heavy atom. The van der Waals surface area contributed by atoms with Crippen LogP contribution in [0.25, 0.3) is 11.0 Å². The number of phenolic OH excluding ortho intramolecular Hbond substituents is 1. The molecule has 25 heavy (non-hydrogen) atoms. The molecule has 0 fully saturated rings. The van der Waals surface area contributed by atoms with Crippen molar-refractivity contribution in [2.24, 2.45) is 0 Å².